The lowest BCUT2D eigenvalue weighted by molar-refractivity contribution is -0.870. The van der Waals surface area contributed by atoms with Gasteiger partial charge < -0.3 is 19.4 Å². The highest BCUT2D eigenvalue weighted by molar-refractivity contribution is 7.47. The smallest absolute Gasteiger partial charge is 0.456 e. The third-order valence-corrected chi connectivity index (χ3v) is 12.8. The van der Waals surface area contributed by atoms with Gasteiger partial charge in [-0.1, -0.05) is 186 Å². The Morgan fingerprint density at radius 1 is 0.531 bits per heavy atom. The van der Waals surface area contributed by atoms with E-state index in [0.717, 1.165) is 77.0 Å². The molecule has 0 bridgehead atoms. The summed E-state index contributed by atoms with van der Waals surface area (Å²) in [5, 5.41) is 3.02. The highest BCUT2D eigenvalue weighted by atomic mass is 31.2. The van der Waals surface area contributed by atoms with Crippen molar-refractivity contribution in [2.24, 2.45) is 0 Å². The minimum Gasteiger partial charge on any atom is -0.456 e. The molecule has 0 fully saturated rings. The number of carbonyl (C=O) groups excluding carboxylic acids is 2. The molecule has 10 heteroatoms. The Hall–Kier alpha value is -1.77. The third kappa shape index (κ3) is 45.4. The van der Waals surface area contributed by atoms with Crippen LogP contribution in [0.4, 0.5) is 0 Å². The van der Waals surface area contributed by atoms with E-state index >= 15 is 0 Å². The fourth-order valence-corrected chi connectivity index (χ4v) is 8.31. The van der Waals surface area contributed by atoms with E-state index in [0.29, 0.717) is 23.9 Å². The molecule has 376 valence electrons. The highest BCUT2D eigenvalue weighted by Gasteiger charge is 2.30. The number of hydrogen-bond acceptors (Lipinski definition) is 6. The number of unbranched alkanes of at least 4 members (excludes halogenated alkanes) is 28. The van der Waals surface area contributed by atoms with Crippen molar-refractivity contribution in [3.63, 3.8) is 0 Å². The summed E-state index contributed by atoms with van der Waals surface area (Å²) in [6, 6.07) is -0.857. The lowest BCUT2D eigenvalue weighted by Gasteiger charge is -2.27. The van der Waals surface area contributed by atoms with E-state index in [2.05, 4.69) is 50.4 Å². The van der Waals surface area contributed by atoms with Gasteiger partial charge in [0.1, 0.15) is 19.3 Å². The Kier molecular flexibility index (Phi) is 43.8. The molecule has 1 amide bonds. The minimum absolute atomic E-state index is 0.0363. The van der Waals surface area contributed by atoms with E-state index in [4.69, 9.17) is 13.8 Å². The lowest BCUT2D eigenvalue weighted by atomic mass is 10.1. The van der Waals surface area contributed by atoms with Crippen molar-refractivity contribution in [1.82, 2.24) is 5.32 Å². The van der Waals surface area contributed by atoms with Gasteiger partial charge in [0.05, 0.1) is 33.8 Å². The monoisotopic (exact) mass is 924 g/mol. The van der Waals surface area contributed by atoms with Gasteiger partial charge in [-0.3, -0.25) is 18.6 Å². The molecule has 0 spiro atoms. The number of nitrogens with zero attached hydrogens (tertiary/aromatic N) is 1. The molecule has 0 saturated heterocycles. The molecule has 9 nitrogen and oxygen atoms in total. The highest BCUT2D eigenvalue weighted by Crippen LogP contribution is 2.43. The number of phosphoric acid groups is 1. The van der Waals surface area contributed by atoms with Crippen molar-refractivity contribution in [3.05, 3.63) is 36.5 Å². The van der Waals surface area contributed by atoms with Crippen LogP contribution >= 0.6 is 7.82 Å². The molecule has 0 aromatic heterocycles. The molecule has 0 aliphatic heterocycles. The van der Waals surface area contributed by atoms with Crippen LogP contribution in [0.25, 0.3) is 0 Å². The van der Waals surface area contributed by atoms with Crippen molar-refractivity contribution < 1.29 is 37.3 Å². The van der Waals surface area contributed by atoms with Gasteiger partial charge in [0, 0.05) is 12.8 Å². The van der Waals surface area contributed by atoms with Crippen molar-refractivity contribution in [2.45, 2.75) is 258 Å². The van der Waals surface area contributed by atoms with E-state index in [1.165, 1.54) is 128 Å². The second-order valence-corrected chi connectivity index (χ2v) is 20.8. The molecule has 0 saturated carbocycles. The zero-order valence-electron chi connectivity index (χ0n) is 42.8. The first-order chi connectivity index (χ1) is 30.9. The molecule has 0 aromatic rings. The average molecular weight is 924 g/mol. The average Bonchev–Trinajstić information content (AvgIpc) is 3.25. The molecule has 2 N–H and O–H groups in total. The molecule has 0 aliphatic rings. The number of carbonyl (C=O) groups is 2. The maximum absolute atomic E-state index is 13.4. The van der Waals surface area contributed by atoms with Crippen LogP contribution < -0.4 is 5.32 Å². The number of quaternary nitrogens is 1. The molecule has 0 rings (SSSR count). The summed E-state index contributed by atoms with van der Waals surface area (Å²) >= 11 is 0. The molecule has 0 radical (unpaired) electrons. The zero-order valence-corrected chi connectivity index (χ0v) is 43.7. The van der Waals surface area contributed by atoms with Crippen LogP contribution in [0.15, 0.2) is 36.5 Å². The summed E-state index contributed by atoms with van der Waals surface area (Å²) in [6.45, 7) is 6.97. The summed E-state index contributed by atoms with van der Waals surface area (Å²) in [5.41, 5.74) is 0. The number of nitrogens with one attached hydrogen (secondary N) is 1. The molecule has 0 aromatic carbocycles. The maximum atomic E-state index is 13.4. The van der Waals surface area contributed by atoms with Crippen LogP contribution in [0.1, 0.15) is 245 Å². The van der Waals surface area contributed by atoms with Gasteiger partial charge >= 0.3 is 13.8 Å². The standard InChI is InChI=1S/C54H103N2O7P/c1-7-10-13-16-19-22-25-27-29-31-34-37-40-43-46-53(57)55-51(50-62-64(59,60)61-49-48-56(4,5)6)52(45-42-39-36-33-30-24-21-18-15-12-9-3)63-54(58)47-44-41-38-35-32-28-26-23-20-17-14-11-8-2/h28-29,31-32,42,45,51-52H,7-27,30,33-41,43-44,46-50H2,1-6H3,(H-,55,57,59,60)/p+1/b31-29-,32-28-,45-42+. The number of hydrogen-bond donors (Lipinski definition) is 2. The molecule has 3 atom stereocenters. The molecule has 64 heavy (non-hydrogen) atoms. The first-order valence-electron chi connectivity index (χ1n) is 26.8. The minimum atomic E-state index is -4.44. The van der Waals surface area contributed by atoms with Crippen molar-refractivity contribution >= 4 is 19.7 Å². The van der Waals surface area contributed by atoms with E-state index in [9.17, 15) is 19.0 Å². The normalized spacial score (nSPS) is 14.2. The van der Waals surface area contributed by atoms with Crippen molar-refractivity contribution in [3.8, 4) is 0 Å². The number of esters is 1. The second-order valence-electron chi connectivity index (χ2n) is 19.4. The van der Waals surface area contributed by atoms with Crippen LogP contribution in [0.5, 0.6) is 0 Å². The topological polar surface area (TPSA) is 111 Å². The SMILES string of the molecule is CCCCCCCC/C=C\CCCCCC(=O)OC(/C=C/CCCCCCCCCCC)C(COP(=O)(O)OCC[N+](C)(C)C)NC(=O)CCCCC/C=C\CCCCCCCCC. The molecule has 0 heterocycles. The van der Waals surface area contributed by atoms with Crippen LogP contribution in [0.3, 0.4) is 0 Å². The van der Waals surface area contributed by atoms with Crippen LogP contribution in [0.2, 0.25) is 0 Å². The Balaban J connectivity index is 5.44. The molecular formula is C54H104N2O7P+. The van der Waals surface area contributed by atoms with Crippen molar-refractivity contribution in [2.75, 3.05) is 40.9 Å². The summed E-state index contributed by atoms with van der Waals surface area (Å²) < 4.78 is 30.5. The first-order valence-corrected chi connectivity index (χ1v) is 28.3. The number of amides is 1. The number of ether oxygens (including phenoxy) is 1. The fourth-order valence-electron chi connectivity index (χ4n) is 7.57. The maximum Gasteiger partial charge on any atom is 0.472 e. The number of allylic oxidation sites excluding steroid dienone is 5. The zero-order chi connectivity index (χ0) is 47.3. The van der Waals surface area contributed by atoms with E-state index in [-0.39, 0.29) is 31.5 Å². The largest absolute Gasteiger partial charge is 0.472 e. The van der Waals surface area contributed by atoms with Gasteiger partial charge in [-0.05, 0) is 83.1 Å². The lowest BCUT2D eigenvalue weighted by Crippen LogP contribution is -2.47. The number of likely N-dealkylation sites (N-methyl/N-ethyl adjacent to an activating group) is 1. The van der Waals surface area contributed by atoms with E-state index in [1.54, 1.807) is 0 Å². The van der Waals surface area contributed by atoms with E-state index < -0.39 is 20.0 Å². The molecular weight excluding hydrogens is 820 g/mol. The summed E-state index contributed by atoms with van der Waals surface area (Å²) in [6.07, 6.45) is 51.4. The Morgan fingerprint density at radius 2 is 0.906 bits per heavy atom. The van der Waals surface area contributed by atoms with Gasteiger partial charge in [-0.2, -0.15) is 0 Å². The quantitative estimate of drug-likeness (QED) is 0.0206. The predicted octanol–water partition coefficient (Wildman–Crippen LogP) is 15.6. The van der Waals surface area contributed by atoms with Crippen LogP contribution in [-0.2, 0) is 27.9 Å². The second kappa shape index (κ2) is 45.0. The number of rotatable bonds is 48. The van der Waals surface area contributed by atoms with Gasteiger partial charge in [0.15, 0.2) is 0 Å². The molecule has 3 unspecified atom stereocenters. The predicted molar refractivity (Wildman–Crippen MR) is 272 cm³/mol. The van der Waals surface area contributed by atoms with Gasteiger partial charge in [0.25, 0.3) is 0 Å². The fraction of sp³-hybridized carbons (Fsp3) is 0.852. The van der Waals surface area contributed by atoms with E-state index in [1.807, 2.05) is 33.3 Å². The summed E-state index contributed by atoms with van der Waals surface area (Å²) in [5.74, 6) is -0.540. The van der Waals surface area contributed by atoms with Gasteiger partial charge in [-0.25, -0.2) is 4.57 Å². The number of phosphoric ester groups is 1. The van der Waals surface area contributed by atoms with Gasteiger partial charge in [0.2, 0.25) is 5.91 Å². The third-order valence-electron chi connectivity index (χ3n) is 11.8. The molecule has 0 aliphatic carbocycles. The van der Waals surface area contributed by atoms with Crippen LogP contribution in [0, 0.1) is 0 Å². The Morgan fingerprint density at radius 3 is 1.33 bits per heavy atom. The Labute approximate surface area is 396 Å². The van der Waals surface area contributed by atoms with Crippen molar-refractivity contribution in [1.29, 1.82) is 0 Å². The Bertz CT molecular complexity index is 1200. The summed E-state index contributed by atoms with van der Waals surface area (Å²) in [7, 11) is 1.48. The van der Waals surface area contributed by atoms with Gasteiger partial charge in [-0.15, -0.1) is 0 Å². The first kappa shape index (κ1) is 62.2. The van der Waals surface area contributed by atoms with Crippen LogP contribution in [-0.4, -0.2) is 74.3 Å². The summed E-state index contributed by atoms with van der Waals surface area (Å²) in [4.78, 5) is 37.4.